The number of likely N-dealkylation sites (N-methyl/N-ethyl adjacent to an activating group) is 1. The van der Waals surface area contributed by atoms with Gasteiger partial charge in [-0.05, 0) is 63.4 Å². The van der Waals surface area contributed by atoms with E-state index in [1.807, 2.05) is 6.07 Å². The van der Waals surface area contributed by atoms with E-state index in [2.05, 4.69) is 37.2 Å². The minimum Gasteiger partial charge on any atom is -0.508 e. The van der Waals surface area contributed by atoms with Gasteiger partial charge in [0, 0.05) is 25.2 Å². The number of nitrogens with one attached hydrogen (secondary N) is 1. The summed E-state index contributed by atoms with van der Waals surface area (Å²) in [6.07, 6.45) is 3.54. The minimum absolute atomic E-state index is 0.381. The van der Waals surface area contributed by atoms with Crippen LogP contribution in [0.15, 0.2) is 18.2 Å². The molecule has 0 bridgehead atoms. The zero-order valence-electron chi connectivity index (χ0n) is 12.3. The van der Waals surface area contributed by atoms with Crippen LogP contribution in [0, 0.1) is 0 Å². The molecule has 3 nitrogen and oxygen atoms in total. The van der Waals surface area contributed by atoms with E-state index in [1.165, 1.54) is 24.0 Å². The number of fused-ring (bicyclic) bond motifs is 1. The van der Waals surface area contributed by atoms with Crippen LogP contribution in [0.3, 0.4) is 0 Å². The molecule has 1 aromatic carbocycles. The Labute approximate surface area is 116 Å². The number of phenolic OH excluding ortho intramolecular Hbond substituents is 1. The maximum absolute atomic E-state index is 9.66. The molecule has 0 saturated carbocycles. The first kappa shape index (κ1) is 14.4. The number of nitrogens with zero attached hydrogens (tertiary/aromatic N) is 1. The van der Waals surface area contributed by atoms with Crippen LogP contribution in [0.5, 0.6) is 5.75 Å². The number of aryl methyl sites for hydroxylation is 1. The van der Waals surface area contributed by atoms with Crippen LogP contribution in [0.2, 0.25) is 0 Å². The Morgan fingerprint density at radius 3 is 2.95 bits per heavy atom. The summed E-state index contributed by atoms with van der Waals surface area (Å²) >= 11 is 0. The lowest BCUT2D eigenvalue weighted by Crippen LogP contribution is -2.36. The van der Waals surface area contributed by atoms with Gasteiger partial charge in [-0.25, -0.2) is 0 Å². The summed E-state index contributed by atoms with van der Waals surface area (Å²) in [5.41, 5.74) is 2.68. The molecule has 0 aliphatic heterocycles. The average Bonchev–Trinajstić information content (AvgIpc) is 2.39. The van der Waals surface area contributed by atoms with Crippen molar-refractivity contribution in [2.45, 2.75) is 45.2 Å². The van der Waals surface area contributed by atoms with Crippen molar-refractivity contribution in [2.24, 2.45) is 0 Å². The molecule has 0 amide bonds. The predicted octanol–water partition coefficient (Wildman–Crippen LogP) is 2.70. The van der Waals surface area contributed by atoms with Crippen molar-refractivity contribution in [2.75, 3.05) is 20.1 Å². The second-order valence-electron chi connectivity index (χ2n) is 5.86. The van der Waals surface area contributed by atoms with Gasteiger partial charge in [-0.2, -0.15) is 0 Å². The Balaban J connectivity index is 1.94. The fourth-order valence-corrected chi connectivity index (χ4v) is 2.67. The van der Waals surface area contributed by atoms with E-state index < -0.39 is 0 Å². The van der Waals surface area contributed by atoms with Gasteiger partial charge in [0.1, 0.15) is 5.75 Å². The molecule has 0 radical (unpaired) electrons. The van der Waals surface area contributed by atoms with Crippen molar-refractivity contribution in [1.29, 1.82) is 0 Å². The lowest BCUT2D eigenvalue weighted by atomic mass is 9.87. The first-order chi connectivity index (χ1) is 9.08. The normalized spacial score (nSPS) is 18.9. The maximum atomic E-state index is 9.66. The van der Waals surface area contributed by atoms with Gasteiger partial charge in [-0.15, -0.1) is 0 Å². The fourth-order valence-electron chi connectivity index (χ4n) is 2.67. The van der Waals surface area contributed by atoms with Crippen LogP contribution in [0.25, 0.3) is 0 Å². The lowest BCUT2D eigenvalue weighted by Gasteiger charge is -2.28. The van der Waals surface area contributed by atoms with Gasteiger partial charge in [-0.1, -0.05) is 6.07 Å². The SMILES string of the molecule is CC(C)N(C)CCNC1CCCc2ccc(O)cc21. The molecular formula is C16H26N2O. The van der Waals surface area contributed by atoms with Gasteiger partial charge in [0.05, 0.1) is 0 Å². The number of rotatable bonds is 5. The molecule has 3 heteroatoms. The van der Waals surface area contributed by atoms with E-state index in [0.717, 1.165) is 19.5 Å². The van der Waals surface area contributed by atoms with E-state index in [9.17, 15) is 5.11 Å². The first-order valence-electron chi connectivity index (χ1n) is 7.33. The van der Waals surface area contributed by atoms with E-state index in [-0.39, 0.29) is 0 Å². The van der Waals surface area contributed by atoms with Crippen LogP contribution in [-0.2, 0) is 6.42 Å². The third kappa shape index (κ3) is 3.71. The van der Waals surface area contributed by atoms with Crippen molar-refractivity contribution in [3.05, 3.63) is 29.3 Å². The number of benzene rings is 1. The van der Waals surface area contributed by atoms with E-state index in [4.69, 9.17) is 0 Å². The molecular weight excluding hydrogens is 236 g/mol. The second kappa shape index (κ2) is 6.40. The molecule has 1 unspecified atom stereocenters. The fraction of sp³-hybridized carbons (Fsp3) is 0.625. The highest BCUT2D eigenvalue weighted by Gasteiger charge is 2.20. The highest BCUT2D eigenvalue weighted by atomic mass is 16.3. The van der Waals surface area contributed by atoms with Crippen molar-refractivity contribution < 1.29 is 5.11 Å². The predicted molar refractivity (Wildman–Crippen MR) is 79.6 cm³/mol. The van der Waals surface area contributed by atoms with Crippen LogP contribution >= 0.6 is 0 Å². The molecule has 2 N–H and O–H groups in total. The Kier molecular flexibility index (Phi) is 4.83. The largest absolute Gasteiger partial charge is 0.508 e. The molecule has 1 aliphatic rings. The molecule has 1 aromatic rings. The number of aromatic hydroxyl groups is 1. The van der Waals surface area contributed by atoms with Gasteiger partial charge >= 0.3 is 0 Å². The molecule has 106 valence electrons. The van der Waals surface area contributed by atoms with E-state index in [1.54, 1.807) is 6.07 Å². The summed E-state index contributed by atoms with van der Waals surface area (Å²) in [5.74, 6) is 0.381. The molecule has 0 aromatic heterocycles. The second-order valence-corrected chi connectivity index (χ2v) is 5.86. The smallest absolute Gasteiger partial charge is 0.115 e. The monoisotopic (exact) mass is 262 g/mol. The van der Waals surface area contributed by atoms with Crippen LogP contribution in [-0.4, -0.2) is 36.2 Å². The molecule has 19 heavy (non-hydrogen) atoms. The molecule has 1 aliphatic carbocycles. The van der Waals surface area contributed by atoms with Crippen LogP contribution in [0.4, 0.5) is 0 Å². The Morgan fingerprint density at radius 1 is 1.42 bits per heavy atom. The summed E-state index contributed by atoms with van der Waals surface area (Å²) in [4.78, 5) is 2.35. The van der Waals surface area contributed by atoms with Gasteiger partial charge < -0.3 is 15.3 Å². The average molecular weight is 262 g/mol. The van der Waals surface area contributed by atoms with Gasteiger partial charge in [-0.3, -0.25) is 0 Å². The molecule has 0 saturated heterocycles. The summed E-state index contributed by atoms with van der Waals surface area (Å²) in [6, 6.07) is 6.78. The van der Waals surface area contributed by atoms with E-state index in [0.29, 0.717) is 17.8 Å². The number of hydrogen-bond donors (Lipinski definition) is 2. The topological polar surface area (TPSA) is 35.5 Å². The van der Waals surface area contributed by atoms with Crippen molar-refractivity contribution >= 4 is 0 Å². The maximum Gasteiger partial charge on any atom is 0.115 e. The van der Waals surface area contributed by atoms with Crippen molar-refractivity contribution in [3.63, 3.8) is 0 Å². The van der Waals surface area contributed by atoms with Gasteiger partial charge in [0.25, 0.3) is 0 Å². The minimum atomic E-state index is 0.381. The van der Waals surface area contributed by atoms with Gasteiger partial charge in [0.15, 0.2) is 0 Å². The summed E-state index contributed by atoms with van der Waals surface area (Å²) in [7, 11) is 2.16. The highest BCUT2D eigenvalue weighted by molar-refractivity contribution is 5.38. The first-order valence-corrected chi connectivity index (χ1v) is 7.33. The lowest BCUT2D eigenvalue weighted by molar-refractivity contribution is 0.266. The third-order valence-corrected chi connectivity index (χ3v) is 4.18. The summed E-state index contributed by atoms with van der Waals surface area (Å²) in [5, 5.41) is 13.3. The van der Waals surface area contributed by atoms with Gasteiger partial charge in [0.2, 0.25) is 0 Å². The van der Waals surface area contributed by atoms with Crippen molar-refractivity contribution in [1.82, 2.24) is 10.2 Å². The molecule has 0 heterocycles. The summed E-state index contributed by atoms with van der Waals surface area (Å²) in [6.45, 7) is 6.48. The highest BCUT2D eigenvalue weighted by Crippen LogP contribution is 2.31. The van der Waals surface area contributed by atoms with Crippen LogP contribution < -0.4 is 5.32 Å². The standard InChI is InChI=1S/C16H26N2O/c1-12(2)18(3)10-9-17-16-6-4-5-13-7-8-14(19)11-15(13)16/h7-8,11-12,16-17,19H,4-6,9-10H2,1-3H3. The summed E-state index contributed by atoms with van der Waals surface area (Å²) < 4.78 is 0. The van der Waals surface area contributed by atoms with Crippen LogP contribution in [0.1, 0.15) is 43.9 Å². The molecule has 1 atom stereocenters. The molecule has 2 rings (SSSR count). The molecule has 0 fully saturated rings. The van der Waals surface area contributed by atoms with Crippen molar-refractivity contribution in [3.8, 4) is 5.75 Å². The zero-order chi connectivity index (χ0) is 13.8. The zero-order valence-corrected chi connectivity index (χ0v) is 12.3. The Morgan fingerprint density at radius 2 is 2.21 bits per heavy atom. The third-order valence-electron chi connectivity index (χ3n) is 4.18. The Hall–Kier alpha value is -1.06. The molecule has 0 spiro atoms. The quantitative estimate of drug-likeness (QED) is 0.856. The number of hydrogen-bond acceptors (Lipinski definition) is 3. The van der Waals surface area contributed by atoms with E-state index >= 15 is 0 Å². The Bertz CT molecular complexity index is 417. The number of phenols is 1.